The second-order valence-corrected chi connectivity index (χ2v) is 13.0. The predicted molar refractivity (Wildman–Crippen MR) is 153 cm³/mol. The summed E-state index contributed by atoms with van der Waals surface area (Å²) in [6, 6.07) is 12.4. The summed E-state index contributed by atoms with van der Waals surface area (Å²) in [6.45, 7) is 8.62. The molecule has 3 heterocycles. The third kappa shape index (κ3) is 4.69. The lowest BCUT2D eigenvalue weighted by Crippen LogP contribution is -2.52. The zero-order valence-electron chi connectivity index (χ0n) is 23.0. The highest BCUT2D eigenvalue weighted by Crippen LogP contribution is 2.71. The van der Waals surface area contributed by atoms with Crippen molar-refractivity contribution in [3.05, 3.63) is 53.6 Å². The number of hydrogen-bond acceptors (Lipinski definition) is 6. The molecule has 2 unspecified atom stereocenters. The predicted octanol–water partition coefficient (Wildman–Crippen LogP) is 4.14. The van der Waals surface area contributed by atoms with Crippen LogP contribution in [0.5, 0.6) is 5.75 Å². The first-order valence-corrected chi connectivity index (χ1v) is 14.5. The second kappa shape index (κ2) is 10.5. The molecule has 3 N–H and O–H groups in total. The Morgan fingerprint density at radius 1 is 1.10 bits per heavy atom. The fraction of sp³-hybridized carbons (Fsp3) is 0.500. The Morgan fingerprint density at radius 2 is 1.85 bits per heavy atom. The number of carbonyl (C=O) groups excluding carboxylic acids is 3. The van der Waals surface area contributed by atoms with Gasteiger partial charge < -0.3 is 25.4 Å². The number of nitrogens with one attached hydrogen (secondary N) is 2. The highest BCUT2D eigenvalue weighted by molar-refractivity contribution is 8.02. The third-order valence-electron chi connectivity index (χ3n) is 8.45. The average molecular weight is 552 g/mol. The maximum Gasteiger partial charge on any atom is 0.248 e. The molecule has 2 aromatic carbocycles. The summed E-state index contributed by atoms with van der Waals surface area (Å²) in [4.78, 5) is 43.5. The molecule has 208 valence electrons. The average Bonchev–Trinajstić information content (AvgIpc) is 3.46. The van der Waals surface area contributed by atoms with E-state index in [2.05, 4.69) is 17.6 Å². The summed E-state index contributed by atoms with van der Waals surface area (Å²) < 4.78 is 4.34. The summed E-state index contributed by atoms with van der Waals surface area (Å²) in [5.74, 6) is -1.08. The largest absolute Gasteiger partial charge is 0.494 e. The monoisotopic (exact) mass is 551 g/mol. The molecule has 8 nitrogen and oxygen atoms in total. The summed E-state index contributed by atoms with van der Waals surface area (Å²) in [6.07, 6.45) is 1.79. The van der Waals surface area contributed by atoms with Gasteiger partial charge in [0.15, 0.2) is 0 Å². The van der Waals surface area contributed by atoms with Crippen LogP contribution in [0, 0.1) is 25.7 Å². The smallest absolute Gasteiger partial charge is 0.248 e. The van der Waals surface area contributed by atoms with Crippen LogP contribution >= 0.6 is 11.8 Å². The molecule has 3 fully saturated rings. The number of benzene rings is 2. The van der Waals surface area contributed by atoms with Crippen LogP contribution in [0.4, 0.5) is 11.4 Å². The summed E-state index contributed by atoms with van der Waals surface area (Å²) in [5.41, 5.74) is 3.34. The number of aryl methyl sites for hydroxylation is 2. The van der Waals surface area contributed by atoms with Crippen molar-refractivity contribution in [2.75, 3.05) is 30.4 Å². The minimum absolute atomic E-state index is 0.0840. The van der Waals surface area contributed by atoms with E-state index in [1.807, 2.05) is 51.1 Å². The molecule has 3 aliphatic rings. The number of rotatable bonds is 9. The van der Waals surface area contributed by atoms with Gasteiger partial charge in [0.05, 0.1) is 23.2 Å². The molecule has 3 amide bonds. The van der Waals surface area contributed by atoms with Crippen molar-refractivity contribution in [1.82, 2.24) is 4.90 Å². The fourth-order valence-corrected chi connectivity index (χ4v) is 9.06. The number of nitrogens with zero attached hydrogens (tertiary/aromatic N) is 1. The quantitative estimate of drug-likeness (QED) is 0.432. The molecule has 2 bridgehead atoms. The molecule has 39 heavy (non-hydrogen) atoms. The maximum absolute atomic E-state index is 14.0. The first-order valence-electron chi connectivity index (χ1n) is 13.7. The molecule has 3 aliphatic heterocycles. The van der Waals surface area contributed by atoms with Gasteiger partial charge in [-0.2, -0.15) is 0 Å². The van der Waals surface area contributed by atoms with Crippen LogP contribution in [0.2, 0.25) is 0 Å². The standard InChI is InChI=1S/C30H37N3O5S/c1-5-38-21-11-9-20(10-12-21)31-26(35)23-24-28(37)33(15-6-16-34)25(30(24)14-13-29(23,4)39-30)27(36)32-22-17-18(2)7-8-19(22)3/h7-12,17,23-25,34H,5-6,13-16H2,1-4H3,(H,31,35)(H,32,36)/t23-,24-,25?,29+,30?/m0/s1. The van der Waals surface area contributed by atoms with Gasteiger partial charge in [-0.15, -0.1) is 11.8 Å². The van der Waals surface area contributed by atoms with Crippen molar-refractivity contribution in [2.24, 2.45) is 11.8 Å². The van der Waals surface area contributed by atoms with E-state index in [0.717, 1.165) is 29.0 Å². The first-order chi connectivity index (χ1) is 18.6. The van der Waals surface area contributed by atoms with E-state index < -0.39 is 27.4 Å². The Labute approximate surface area is 233 Å². The van der Waals surface area contributed by atoms with Gasteiger partial charge in [0, 0.05) is 29.3 Å². The van der Waals surface area contributed by atoms with Crippen molar-refractivity contribution in [2.45, 2.75) is 62.5 Å². The molecule has 0 aliphatic carbocycles. The van der Waals surface area contributed by atoms with E-state index in [1.54, 1.807) is 28.8 Å². The summed E-state index contributed by atoms with van der Waals surface area (Å²) in [7, 11) is 0. The normalized spacial score (nSPS) is 28.9. The molecule has 0 aromatic heterocycles. The third-order valence-corrected chi connectivity index (χ3v) is 10.4. The minimum atomic E-state index is -0.725. The van der Waals surface area contributed by atoms with Crippen LogP contribution in [0.15, 0.2) is 42.5 Å². The lowest BCUT2D eigenvalue weighted by atomic mass is 9.66. The number of carbonyl (C=O) groups is 3. The van der Waals surface area contributed by atoms with E-state index in [1.165, 1.54) is 0 Å². The lowest BCUT2D eigenvalue weighted by Gasteiger charge is -2.35. The number of ether oxygens (including phenoxy) is 1. The summed E-state index contributed by atoms with van der Waals surface area (Å²) >= 11 is 1.64. The second-order valence-electron chi connectivity index (χ2n) is 11.1. The van der Waals surface area contributed by atoms with Crippen molar-refractivity contribution < 1.29 is 24.2 Å². The fourth-order valence-electron chi connectivity index (χ4n) is 6.70. The number of amides is 3. The van der Waals surface area contributed by atoms with Gasteiger partial charge in [-0.25, -0.2) is 0 Å². The Kier molecular flexibility index (Phi) is 7.41. The van der Waals surface area contributed by atoms with Crippen molar-refractivity contribution >= 4 is 40.9 Å². The first kappa shape index (κ1) is 27.5. The summed E-state index contributed by atoms with van der Waals surface area (Å²) in [5, 5.41) is 15.7. The molecular weight excluding hydrogens is 514 g/mol. The lowest BCUT2D eigenvalue weighted by molar-refractivity contribution is -0.139. The Balaban J connectivity index is 1.46. The Bertz CT molecular complexity index is 1280. The minimum Gasteiger partial charge on any atom is -0.494 e. The van der Waals surface area contributed by atoms with E-state index in [9.17, 15) is 19.5 Å². The number of hydrogen-bond donors (Lipinski definition) is 3. The van der Waals surface area contributed by atoms with Gasteiger partial charge >= 0.3 is 0 Å². The molecule has 0 radical (unpaired) electrons. The van der Waals surface area contributed by atoms with Crippen LogP contribution in [0.3, 0.4) is 0 Å². The van der Waals surface area contributed by atoms with Gasteiger partial charge in [0.25, 0.3) is 0 Å². The maximum atomic E-state index is 14.0. The van der Waals surface area contributed by atoms with E-state index in [4.69, 9.17) is 4.74 Å². The number of aliphatic hydroxyl groups is 1. The Hall–Kier alpha value is -3.04. The zero-order valence-corrected chi connectivity index (χ0v) is 23.8. The molecule has 3 saturated heterocycles. The van der Waals surface area contributed by atoms with Crippen molar-refractivity contribution in [3.8, 4) is 5.75 Å². The van der Waals surface area contributed by atoms with Gasteiger partial charge in [0.2, 0.25) is 17.7 Å². The number of thioether (sulfide) groups is 1. The highest BCUT2D eigenvalue weighted by Gasteiger charge is 2.77. The van der Waals surface area contributed by atoms with Crippen molar-refractivity contribution in [1.29, 1.82) is 0 Å². The van der Waals surface area contributed by atoms with Crippen LogP contribution in [-0.4, -0.2) is 63.0 Å². The molecular formula is C30H37N3O5S. The Morgan fingerprint density at radius 3 is 2.54 bits per heavy atom. The van der Waals surface area contributed by atoms with Crippen molar-refractivity contribution in [3.63, 3.8) is 0 Å². The van der Waals surface area contributed by atoms with Gasteiger partial charge in [-0.05, 0) is 88.4 Å². The molecule has 2 aromatic rings. The van der Waals surface area contributed by atoms with Crippen LogP contribution < -0.4 is 15.4 Å². The zero-order chi connectivity index (χ0) is 27.9. The SMILES string of the molecule is CCOc1ccc(NC(=O)[C@@H]2[C@H]3C(=O)N(CCCO)C(C(=O)Nc4cc(C)ccc4C)C34CC[C@@]2(C)S4)cc1. The van der Waals surface area contributed by atoms with E-state index in [0.29, 0.717) is 25.1 Å². The molecule has 9 heteroatoms. The highest BCUT2D eigenvalue weighted by atomic mass is 32.2. The van der Waals surface area contributed by atoms with Crippen LogP contribution in [-0.2, 0) is 14.4 Å². The van der Waals surface area contributed by atoms with Gasteiger partial charge in [-0.3, -0.25) is 14.4 Å². The van der Waals surface area contributed by atoms with Crippen LogP contribution in [0.1, 0.15) is 44.2 Å². The van der Waals surface area contributed by atoms with Gasteiger partial charge in [-0.1, -0.05) is 12.1 Å². The molecule has 0 saturated carbocycles. The number of fused-ring (bicyclic) bond motifs is 1. The molecule has 5 atom stereocenters. The number of anilines is 2. The molecule has 1 spiro atoms. The van der Waals surface area contributed by atoms with Crippen LogP contribution in [0.25, 0.3) is 0 Å². The number of aliphatic hydroxyl groups excluding tert-OH is 1. The number of likely N-dealkylation sites (tertiary alicyclic amines) is 1. The van der Waals surface area contributed by atoms with Gasteiger partial charge in [0.1, 0.15) is 11.8 Å². The van der Waals surface area contributed by atoms with E-state index >= 15 is 0 Å². The topological polar surface area (TPSA) is 108 Å². The molecule has 5 rings (SSSR count). The van der Waals surface area contributed by atoms with E-state index in [-0.39, 0.29) is 30.9 Å².